The molecule has 9 heteroatoms. The Bertz CT molecular complexity index is 3120. The summed E-state index contributed by atoms with van der Waals surface area (Å²) in [4.78, 5) is 18.4. The van der Waals surface area contributed by atoms with Crippen LogP contribution >= 0.6 is 0 Å². The number of fused-ring (bicyclic) bond motifs is 10. The average molecular weight is 881 g/mol. The molecular weight excluding hydrogens is 833 g/mol. The van der Waals surface area contributed by atoms with E-state index in [4.69, 9.17) is 9.97 Å². The van der Waals surface area contributed by atoms with Crippen molar-refractivity contribution >= 4 is 0 Å². The van der Waals surface area contributed by atoms with Gasteiger partial charge in [0.2, 0.25) is 0 Å². The molecule has 0 atom stereocenters. The molecule has 0 radical (unpaired) electrons. The largest absolute Gasteiger partial charge is 0.507 e. The quantitative estimate of drug-likeness (QED) is 0.116. The molecular formula is C58H48N4O5. The molecule has 0 saturated heterocycles. The number of benzene rings is 5. The third kappa shape index (κ3) is 8.67. The molecule has 0 amide bonds. The lowest BCUT2D eigenvalue weighted by Gasteiger charge is -2.19. The number of aryl methyl sites for hydroxylation is 3. The average Bonchev–Trinajstić information content (AvgIpc) is 3.33. The fourth-order valence-corrected chi connectivity index (χ4v) is 9.49. The molecule has 5 N–H and O–H groups in total. The van der Waals surface area contributed by atoms with Crippen LogP contribution in [0.5, 0.6) is 28.7 Å². The molecule has 67 heavy (non-hydrogen) atoms. The van der Waals surface area contributed by atoms with Crippen LogP contribution in [0.4, 0.5) is 0 Å². The second-order valence-electron chi connectivity index (χ2n) is 17.8. The second kappa shape index (κ2) is 17.6. The van der Waals surface area contributed by atoms with Gasteiger partial charge in [-0.15, -0.1) is 0 Å². The van der Waals surface area contributed by atoms with E-state index < -0.39 is 0 Å². The molecule has 1 aliphatic rings. The fraction of sp³-hybridized carbons (Fsp3) is 0.138. The van der Waals surface area contributed by atoms with Gasteiger partial charge in [0.1, 0.15) is 28.7 Å². The predicted octanol–water partition coefficient (Wildman–Crippen LogP) is 11.7. The smallest absolute Gasteiger partial charge is 0.122 e. The maximum Gasteiger partial charge on any atom is 0.122 e. The zero-order chi connectivity index (χ0) is 46.3. The first-order valence-electron chi connectivity index (χ1n) is 22.3. The Morgan fingerprint density at radius 3 is 0.806 bits per heavy atom. The minimum atomic E-state index is 0.0553. The van der Waals surface area contributed by atoms with E-state index in [0.29, 0.717) is 55.6 Å². The van der Waals surface area contributed by atoms with E-state index in [1.165, 1.54) is 0 Å². The normalized spacial score (nSPS) is 12.4. The van der Waals surface area contributed by atoms with Crippen molar-refractivity contribution in [1.29, 1.82) is 0 Å². The topological polar surface area (TPSA) is 153 Å². The van der Waals surface area contributed by atoms with Crippen molar-refractivity contribution < 1.29 is 25.5 Å². The first-order chi connectivity index (χ1) is 32.4. The maximum absolute atomic E-state index is 12.2. The number of pyridine rings is 4. The van der Waals surface area contributed by atoms with Gasteiger partial charge in [-0.1, -0.05) is 77.4 Å². The zero-order valence-electron chi connectivity index (χ0n) is 37.4. The van der Waals surface area contributed by atoms with Crippen LogP contribution in [0.1, 0.15) is 72.3 Å². The molecule has 1 aliphatic carbocycles. The number of hydrogen-bond donors (Lipinski definition) is 5. The molecule has 10 rings (SSSR count). The summed E-state index contributed by atoms with van der Waals surface area (Å²) in [5.74, 6) is 0.324. The van der Waals surface area contributed by atoms with Crippen LogP contribution in [-0.4, -0.2) is 45.5 Å². The minimum Gasteiger partial charge on any atom is -0.507 e. The van der Waals surface area contributed by atoms with Gasteiger partial charge in [-0.2, -0.15) is 0 Å². The Morgan fingerprint density at radius 1 is 0.299 bits per heavy atom. The third-order valence-corrected chi connectivity index (χ3v) is 12.7. The molecule has 10 bridgehead atoms. The van der Waals surface area contributed by atoms with Crippen LogP contribution in [0, 0.1) is 20.8 Å². The monoisotopic (exact) mass is 880 g/mol. The number of aromatic hydroxyl groups is 5. The van der Waals surface area contributed by atoms with E-state index in [-0.39, 0.29) is 60.9 Å². The van der Waals surface area contributed by atoms with Crippen LogP contribution in [0.2, 0.25) is 0 Å². The van der Waals surface area contributed by atoms with Crippen LogP contribution in [0.15, 0.2) is 146 Å². The molecule has 0 unspecified atom stereocenters. The molecule has 9 nitrogen and oxygen atoms in total. The summed E-state index contributed by atoms with van der Waals surface area (Å²) in [5.41, 5.74) is 15.0. The summed E-state index contributed by atoms with van der Waals surface area (Å²) in [7, 11) is 0. The Balaban J connectivity index is 1.15. The molecule has 5 aromatic carbocycles. The van der Waals surface area contributed by atoms with Crippen LogP contribution in [0.25, 0.3) is 45.0 Å². The molecule has 9 aromatic rings. The highest BCUT2D eigenvalue weighted by atomic mass is 16.3. The van der Waals surface area contributed by atoms with Gasteiger partial charge in [-0.3, -0.25) is 19.9 Å². The molecule has 0 aliphatic heterocycles. The molecule has 4 aromatic heterocycles. The Kier molecular flexibility index (Phi) is 11.2. The lowest BCUT2D eigenvalue weighted by molar-refractivity contribution is 0.451. The van der Waals surface area contributed by atoms with Gasteiger partial charge in [0, 0.05) is 68.0 Å². The van der Waals surface area contributed by atoms with Crippen LogP contribution in [-0.2, 0) is 32.1 Å². The highest BCUT2D eigenvalue weighted by molar-refractivity contribution is 5.72. The van der Waals surface area contributed by atoms with Crippen molar-refractivity contribution in [2.45, 2.75) is 52.9 Å². The van der Waals surface area contributed by atoms with Gasteiger partial charge in [-0.25, -0.2) is 0 Å². The fourth-order valence-electron chi connectivity index (χ4n) is 9.49. The Morgan fingerprint density at radius 2 is 0.567 bits per heavy atom. The number of rotatable bonds is 4. The summed E-state index contributed by atoms with van der Waals surface area (Å²) < 4.78 is 0. The highest BCUT2D eigenvalue weighted by Crippen LogP contribution is 2.42. The highest BCUT2D eigenvalue weighted by Gasteiger charge is 2.23. The van der Waals surface area contributed by atoms with E-state index in [9.17, 15) is 25.5 Å². The summed E-state index contributed by atoms with van der Waals surface area (Å²) in [5, 5.41) is 60.6. The van der Waals surface area contributed by atoms with Crippen molar-refractivity contribution in [2.75, 3.05) is 0 Å². The van der Waals surface area contributed by atoms with Crippen LogP contribution in [0.3, 0.4) is 0 Å². The number of hydrogen-bond acceptors (Lipinski definition) is 9. The number of phenols is 5. The van der Waals surface area contributed by atoms with E-state index in [0.717, 1.165) is 61.7 Å². The minimum absolute atomic E-state index is 0.0553. The van der Waals surface area contributed by atoms with Crippen molar-refractivity contribution in [1.82, 2.24) is 19.9 Å². The number of aromatic nitrogens is 4. The predicted molar refractivity (Wildman–Crippen MR) is 262 cm³/mol. The first-order valence-corrected chi connectivity index (χ1v) is 22.3. The van der Waals surface area contributed by atoms with Gasteiger partial charge in [0.15, 0.2) is 0 Å². The van der Waals surface area contributed by atoms with Gasteiger partial charge < -0.3 is 25.5 Å². The van der Waals surface area contributed by atoms with E-state index in [1.807, 2.05) is 142 Å². The SMILES string of the molecule is Cc1cc2c(O)c(c1)Cc1cc(-c3ccc(-c4ccccn4)nc3)cc(c1O)Cc1cc(C)cc(c1O)Cc1cc(-c3ccc(-c4ccccn4)nc3)cc(c1O)Cc1cc(C)cc(c1O)C2. The van der Waals surface area contributed by atoms with Gasteiger partial charge in [0.25, 0.3) is 0 Å². The lowest BCUT2D eigenvalue weighted by Crippen LogP contribution is -2.03. The summed E-state index contributed by atoms with van der Waals surface area (Å²) in [6, 6.07) is 38.5. The van der Waals surface area contributed by atoms with E-state index in [2.05, 4.69) is 9.97 Å². The van der Waals surface area contributed by atoms with E-state index in [1.54, 1.807) is 24.8 Å². The standard InChI is InChI=1S/C58H48N4O5/c1-33-16-40-26-41-17-34(2)19-43(55(41)64)28-47-23-39(37-11-13-53(62-32-37)51-9-5-7-15-60-51)25-49(58(47)67)30-45-21-35(3)20-44(56(45)65)29-48-24-38(22-46(57(48)66)27-42(18-33)54(40)63)36-10-12-52(61-31-36)50-8-4-6-14-59-50/h4-25,31-32,63-67H,26-30H2,1-3H3. The molecule has 0 saturated carbocycles. The molecule has 0 fully saturated rings. The van der Waals surface area contributed by atoms with Crippen molar-refractivity contribution in [3.8, 4) is 73.8 Å². The van der Waals surface area contributed by atoms with Crippen molar-refractivity contribution in [3.63, 3.8) is 0 Å². The zero-order valence-corrected chi connectivity index (χ0v) is 37.4. The first kappa shape index (κ1) is 42.6. The second-order valence-corrected chi connectivity index (χ2v) is 17.8. The molecule has 0 spiro atoms. The third-order valence-electron chi connectivity index (χ3n) is 12.7. The lowest BCUT2D eigenvalue weighted by atomic mass is 9.88. The molecule has 330 valence electrons. The number of phenolic OH excluding ortho intramolecular Hbond substituents is 5. The summed E-state index contributed by atoms with van der Waals surface area (Å²) in [6.07, 6.45) is 8.09. The summed E-state index contributed by atoms with van der Waals surface area (Å²) in [6.45, 7) is 5.90. The van der Waals surface area contributed by atoms with Gasteiger partial charge in [0.05, 0.1) is 22.8 Å². The Hall–Kier alpha value is -8.30. The van der Waals surface area contributed by atoms with Gasteiger partial charge in [-0.05, 0) is 148 Å². The number of nitrogens with zero attached hydrogens (tertiary/aromatic N) is 4. The van der Waals surface area contributed by atoms with Crippen LogP contribution < -0.4 is 0 Å². The van der Waals surface area contributed by atoms with E-state index >= 15 is 0 Å². The van der Waals surface area contributed by atoms with Crippen molar-refractivity contribution in [3.05, 3.63) is 218 Å². The summed E-state index contributed by atoms with van der Waals surface area (Å²) >= 11 is 0. The van der Waals surface area contributed by atoms with Gasteiger partial charge >= 0.3 is 0 Å². The Labute approximate surface area is 389 Å². The van der Waals surface area contributed by atoms with Crippen molar-refractivity contribution in [2.24, 2.45) is 0 Å². The molecule has 4 heterocycles. The maximum atomic E-state index is 12.2.